The minimum Gasteiger partial charge on any atom is -0.497 e. The van der Waals surface area contributed by atoms with E-state index in [0.29, 0.717) is 12.5 Å². The van der Waals surface area contributed by atoms with Crippen LogP contribution in [0.5, 0.6) is 5.75 Å². The van der Waals surface area contributed by atoms with E-state index in [0.717, 1.165) is 58.1 Å². The number of methoxy groups -OCH3 is 1. The Morgan fingerprint density at radius 3 is 2.96 bits per heavy atom. The van der Waals surface area contributed by atoms with Gasteiger partial charge < -0.3 is 19.7 Å². The molecule has 0 aromatic heterocycles. The Hall–Kier alpha value is -1.79. The van der Waals surface area contributed by atoms with Crippen LogP contribution in [0.25, 0.3) is 0 Å². The van der Waals surface area contributed by atoms with Gasteiger partial charge in [-0.25, -0.2) is 0 Å². The van der Waals surface area contributed by atoms with Crippen LogP contribution in [0.1, 0.15) is 6.42 Å². The first-order chi connectivity index (χ1) is 11.7. The molecule has 0 unspecified atom stereocenters. The molecule has 6 heteroatoms. The second-order valence-corrected chi connectivity index (χ2v) is 6.49. The number of nitrogens with one attached hydrogen (secondary N) is 1. The van der Waals surface area contributed by atoms with Gasteiger partial charge in [-0.3, -0.25) is 9.69 Å². The number of nitrogens with zero attached hydrogens (tertiary/aromatic N) is 2. The minimum absolute atomic E-state index is 0.122. The van der Waals surface area contributed by atoms with Crippen LogP contribution in [-0.2, 0) is 9.53 Å². The van der Waals surface area contributed by atoms with Gasteiger partial charge in [0.2, 0.25) is 5.91 Å². The number of amides is 1. The average Bonchev–Trinajstić information content (AvgIpc) is 3.10. The molecule has 0 radical (unpaired) electrons. The normalized spacial score (nSPS) is 21.7. The standard InChI is InChI=1S/C18H27N3O3/c1-23-17-4-2-3-16(11-17)21-6-5-15(13-21)12-19-18(22)14-20-7-9-24-10-8-20/h2-4,11,15H,5-10,12-14H2,1H3,(H,19,22)/t15-/m0/s1. The molecule has 0 aliphatic carbocycles. The van der Waals surface area contributed by atoms with Crippen LogP contribution in [-0.4, -0.2) is 70.4 Å². The maximum Gasteiger partial charge on any atom is 0.234 e. The quantitative estimate of drug-likeness (QED) is 0.841. The first-order valence-electron chi connectivity index (χ1n) is 8.70. The topological polar surface area (TPSA) is 54.0 Å². The van der Waals surface area contributed by atoms with Crippen LogP contribution in [0.15, 0.2) is 24.3 Å². The molecule has 1 aromatic carbocycles. The minimum atomic E-state index is 0.122. The Morgan fingerprint density at radius 1 is 1.33 bits per heavy atom. The summed E-state index contributed by atoms with van der Waals surface area (Å²) in [5.74, 6) is 1.51. The molecule has 2 fully saturated rings. The molecule has 132 valence electrons. The lowest BCUT2D eigenvalue weighted by Gasteiger charge is -2.26. The van der Waals surface area contributed by atoms with Crippen LogP contribution < -0.4 is 15.0 Å². The second-order valence-electron chi connectivity index (χ2n) is 6.49. The number of hydrogen-bond donors (Lipinski definition) is 1. The summed E-state index contributed by atoms with van der Waals surface area (Å²) in [6, 6.07) is 8.16. The zero-order valence-electron chi connectivity index (χ0n) is 14.4. The van der Waals surface area contributed by atoms with Crippen LogP contribution >= 0.6 is 0 Å². The van der Waals surface area contributed by atoms with Gasteiger partial charge in [0, 0.05) is 44.5 Å². The molecular formula is C18H27N3O3. The molecular weight excluding hydrogens is 306 g/mol. The van der Waals surface area contributed by atoms with Gasteiger partial charge in [-0.2, -0.15) is 0 Å². The van der Waals surface area contributed by atoms with Gasteiger partial charge in [0.15, 0.2) is 0 Å². The van der Waals surface area contributed by atoms with Crippen molar-refractivity contribution in [2.45, 2.75) is 6.42 Å². The molecule has 2 aliphatic rings. The van der Waals surface area contributed by atoms with Gasteiger partial charge >= 0.3 is 0 Å². The van der Waals surface area contributed by atoms with Crippen molar-refractivity contribution in [3.8, 4) is 5.75 Å². The second kappa shape index (κ2) is 8.35. The first-order valence-corrected chi connectivity index (χ1v) is 8.70. The highest BCUT2D eigenvalue weighted by atomic mass is 16.5. The number of rotatable bonds is 6. The van der Waals surface area contributed by atoms with Gasteiger partial charge in [-0.15, -0.1) is 0 Å². The number of morpholine rings is 1. The zero-order chi connectivity index (χ0) is 16.8. The fraction of sp³-hybridized carbons (Fsp3) is 0.611. The van der Waals surface area contributed by atoms with E-state index in [4.69, 9.17) is 9.47 Å². The molecule has 2 saturated heterocycles. The van der Waals surface area contributed by atoms with Crippen LogP contribution in [0.2, 0.25) is 0 Å². The van der Waals surface area contributed by atoms with Gasteiger partial charge in [-0.1, -0.05) is 6.07 Å². The number of carbonyl (C=O) groups excluding carboxylic acids is 1. The van der Waals surface area contributed by atoms with E-state index >= 15 is 0 Å². The molecule has 6 nitrogen and oxygen atoms in total. The van der Waals surface area contributed by atoms with Gasteiger partial charge in [-0.05, 0) is 24.5 Å². The SMILES string of the molecule is COc1cccc(N2CC[C@@H](CNC(=O)CN3CCOCC3)C2)c1. The van der Waals surface area contributed by atoms with Gasteiger partial charge in [0.1, 0.15) is 5.75 Å². The fourth-order valence-electron chi connectivity index (χ4n) is 3.32. The van der Waals surface area contributed by atoms with Crippen molar-refractivity contribution < 1.29 is 14.3 Å². The van der Waals surface area contributed by atoms with Crippen LogP contribution in [0.3, 0.4) is 0 Å². The van der Waals surface area contributed by atoms with Crippen molar-refractivity contribution in [1.82, 2.24) is 10.2 Å². The monoisotopic (exact) mass is 333 g/mol. The summed E-state index contributed by atoms with van der Waals surface area (Å²) in [5, 5.41) is 3.09. The first kappa shape index (κ1) is 17.0. The summed E-state index contributed by atoms with van der Waals surface area (Å²) in [6.45, 7) is 6.39. The summed E-state index contributed by atoms with van der Waals surface area (Å²) in [5.41, 5.74) is 1.19. The van der Waals surface area contributed by atoms with Crippen molar-refractivity contribution in [2.75, 3.05) is 64.5 Å². The number of hydrogen-bond acceptors (Lipinski definition) is 5. The maximum absolute atomic E-state index is 12.1. The Morgan fingerprint density at radius 2 is 2.17 bits per heavy atom. The van der Waals surface area contributed by atoms with E-state index in [1.807, 2.05) is 12.1 Å². The predicted octanol–water partition coefficient (Wildman–Crippen LogP) is 0.970. The van der Waals surface area contributed by atoms with Crippen LogP contribution in [0.4, 0.5) is 5.69 Å². The number of benzene rings is 1. The highest BCUT2D eigenvalue weighted by Crippen LogP contribution is 2.26. The fourth-order valence-corrected chi connectivity index (χ4v) is 3.32. The Bertz CT molecular complexity index is 546. The van der Waals surface area contributed by atoms with Crippen molar-refractivity contribution in [3.05, 3.63) is 24.3 Å². The molecule has 1 amide bonds. The van der Waals surface area contributed by atoms with Gasteiger partial charge in [0.05, 0.1) is 26.9 Å². The Labute approximate surface area is 143 Å². The lowest BCUT2D eigenvalue weighted by atomic mass is 10.1. The molecule has 0 saturated carbocycles. The van der Waals surface area contributed by atoms with Crippen molar-refractivity contribution in [1.29, 1.82) is 0 Å². The highest BCUT2D eigenvalue weighted by Gasteiger charge is 2.23. The summed E-state index contributed by atoms with van der Waals surface area (Å²) in [7, 11) is 1.69. The molecule has 3 rings (SSSR count). The van der Waals surface area contributed by atoms with Crippen molar-refractivity contribution in [2.24, 2.45) is 5.92 Å². The predicted molar refractivity (Wildman–Crippen MR) is 93.6 cm³/mol. The molecule has 1 N–H and O–H groups in total. The lowest BCUT2D eigenvalue weighted by Crippen LogP contribution is -2.44. The molecule has 1 aromatic rings. The molecule has 24 heavy (non-hydrogen) atoms. The third-order valence-corrected chi connectivity index (χ3v) is 4.76. The molecule has 1 atom stereocenters. The number of anilines is 1. The smallest absolute Gasteiger partial charge is 0.234 e. The van der Waals surface area contributed by atoms with E-state index in [2.05, 4.69) is 27.2 Å². The molecule has 2 aliphatic heterocycles. The largest absolute Gasteiger partial charge is 0.497 e. The molecule has 0 bridgehead atoms. The maximum atomic E-state index is 12.1. The number of ether oxygens (including phenoxy) is 2. The highest BCUT2D eigenvalue weighted by molar-refractivity contribution is 5.78. The van der Waals surface area contributed by atoms with E-state index in [9.17, 15) is 4.79 Å². The Balaban J connectivity index is 1.41. The Kier molecular flexibility index (Phi) is 5.93. The van der Waals surface area contributed by atoms with E-state index in [1.54, 1.807) is 7.11 Å². The molecule has 2 heterocycles. The summed E-state index contributed by atoms with van der Waals surface area (Å²) in [6.07, 6.45) is 1.11. The van der Waals surface area contributed by atoms with E-state index < -0.39 is 0 Å². The summed E-state index contributed by atoms with van der Waals surface area (Å²) >= 11 is 0. The van der Waals surface area contributed by atoms with Gasteiger partial charge in [0.25, 0.3) is 0 Å². The number of carbonyl (C=O) groups is 1. The van der Waals surface area contributed by atoms with E-state index in [-0.39, 0.29) is 5.91 Å². The summed E-state index contributed by atoms with van der Waals surface area (Å²) in [4.78, 5) is 16.6. The average molecular weight is 333 g/mol. The third kappa shape index (κ3) is 4.61. The van der Waals surface area contributed by atoms with Crippen LogP contribution in [0, 0.1) is 5.92 Å². The van der Waals surface area contributed by atoms with Crippen molar-refractivity contribution in [3.63, 3.8) is 0 Å². The molecule has 0 spiro atoms. The zero-order valence-corrected chi connectivity index (χ0v) is 14.4. The summed E-state index contributed by atoms with van der Waals surface area (Å²) < 4.78 is 10.6. The lowest BCUT2D eigenvalue weighted by molar-refractivity contribution is -0.123. The van der Waals surface area contributed by atoms with E-state index in [1.165, 1.54) is 5.69 Å². The third-order valence-electron chi connectivity index (χ3n) is 4.76. The van der Waals surface area contributed by atoms with Crippen molar-refractivity contribution >= 4 is 11.6 Å².